The molecule has 1 aliphatic rings. The minimum Gasteiger partial charge on any atom is -0.481 e. The van der Waals surface area contributed by atoms with Crippen molar-refractivity contribution in [1.82, 2.24) is 4.98 Å². The van der Waals surface area contributed by atoms with E-state index in [1.165, 1.54) is 12.1 Å². The van der Waals surface area contributed by atoms with Crippen LogP contribution in [0.3, 0.4) is 0 Å². The van der Waals surface area contributed by atoms with Crippen LogP contribution in [-0.4, -0.2) is 22.2 Å². The quantitative estimate of drug-likeness (QED) is 0.628. The lowest BCUT2D eigenvalue weighted by atomic mass is 9.93. The summed E-state index contributed by atoms with van der Waals surface area (Å²) in [5.41, 5.74) is 0.805. The fourth-order valence-corrected chi connectivity index (χ4v) is 3.72. The summed E-state index contributed by atoms with van der Waals surface area (Å²) < 4.78 is 35.2. The molecule has 1 unspecified atom stereocenters. The molecule has 1 aromatic heterocycles. The molecule has 1 N–H and O–H groups in total. The van der Waals surface area contributed by atoms with Gasteiger partial charge in [-0.2, -0.15) is 0 Å². The predicted molar refractivity (Wildman–Crippen MR) is 102 cm³/mol. The van der Waals surface area contributed by atoms with Gasteiger partial charge in [0.2, 0.25) is 5.88 Å². The van der Waals surface area contributed by atoms with Crippen molar-refractivity contribution in [1.29, 1.82) is 0 Å². The minimum atomic E-state index is -0.908. The number of halogens is 2. The van der Waals surface area contributed by atoms with Gasteiger partial charge in [0.1, 0.15) is 17.7 Å². The van der Waals surface area contributed by atoms with E-state index in [-0.39, 0.29) is 18.1 Å². The summed E-state index contributed by atoms with van der Waals surface area (Å²) in [4.78, 5) is 15.0. The van der Waals surface area contributed by atoms with Gasteiger partial charge in [0.15, 0.2) is 0 Å². The first kappa shape index (κ1) is 20.2. The average molecular weight is 389 g/mol. The van der Waals surface area contributed by atoms with Crippen LogP contribution in [-0.2, 0) is 4.79 Å². The lowest BCUT2D eigenvalue weighted by molar-refractivity contribution is -0.137. The Bertz CT molecular complexity index is 811. The molecular formula is C22H25F2NO3. The van der Waals surface area contributed by atoms with Gasteiger partial charge in [-0.25, -0.2) is 13.8 Å². The summed E-state index contributed by atoms with van der Waals surface area (Å²) in [6, 6.07) is 7.80. The Labute approximate surface area is 163 Å². The molecule has 0 aliphatic heterocycles. The topological polar surface area (TPSA) is 59.4 Å². The van der Waals surface area contributed by atoms with Crippen molar-refractivity contribution in [2.45, 2.75) is 63.9 Å². The number of pyridine rings is 1. The van der Waals surface area contributed by atoms with Gasteiger partial charge in [0, 0.05) is 23.6 Å². The first-order valence-corrected chi connectivity index (χ1v) is 9.79. The number of carbonyl (C=O) groups is 1. The summed E-state index contributed by atoms with van der Waals surface area (Å²) in [6.45, 7) is 1.71. The largest absolute Gasteiger partial charge is 0.481 e. The third-order valence-corrected chi connectivity index (χ3v) is 5.21. The molecule has 1 heterocycles. The van der Waals surface area contributed by atoms with Gasteiger partial charge in [0.05, 0.1) is 5.69 Å². The molecule has 28 heavy (non-hydrogen) atoms. The molecule has 0 bridgehead atoms. The first-order valence-electron chi connectivity index (χ1n) is 9.79. The van der Waals surface area contributed by atoms with E-state index in [9.17, 15) is 13.6 Å². The highest BCUT2D eigenvalue weighted by Gasteiger charge is 2.20. The molecular weight excluding hydrogens is 364 g/mol. The van der Waals surface area contributed by atoms with E-state index in [1.54, 1.807) is 25.1 Å². The highest BCUT2D eigenvalue weighted by molar-refractivity contribution is 5.66. The summed E-state index contributed by atoms with van der Waals surface area (Å²) >= 11 is 0. The van der Waals surface area contributed by atoms with Gasteiger partial charge < -0.3 is 9.84 Å². The molecule has 1 fully saturated rings. The van der Waals surface area contributed by atoms with Gasteiger partial charge in [-0.3, -0.25) is 4.79 Å². The molecule has 1 aliphatic carbocycles. The fourth-order valence-electron chi connectivity index (χ4n) is 3.72. The van der Waals surface area contributed by atoms with Crippen molar-refractivity contribution in [3.8, 4) is 17.1 Å². The van der Waals surface area contributed by atoms with Crippen molar-refractivity contribution < 1.29 is 23.4 Å². The zero-order valence-electron chi connectivity index (χ0n) is 16.0. The highest BCUT2D eigenvalue weighted by Crippen LogP contribution is 2.31. The number of hydrogen-bond donors (Lipinski definition) is 1. The van der Waals surface area contributed by atoms with Gasteiger partial charge in [0.25, 0.3) is 0 Å². The number of nitrogens with zero attached hydrogens (tertiary/aromatic N) is 1. The monoisotopic (exact) mass is 389 g/mol. The Morgan fingerprint density at radius 3 is 2.57 bits per heavy atom. The normalized spacial score (nSPS) is 15.5. The van der Waals surface area contributed by atoms with Gasteiger partial charge in [-0.05, 0) is 62.6 Å². The number of rotatable bonds is 8. The number of aromatic nitrogens is 1. The SMILES string of the molecule is CC(CCCC(=O)O)c1c(F)cc(-c2cccc(OC3CCCC3)n2)cc1F. The van der Waals surface area contributed by atoms with Gasteiger partial charge in [-0.1, -0.05) is 13.0 Å². The number of carboxylic acid groups (broad SMARTS) is 1. The molecule has 0 spiro atoms. The lowest BCUT2D eigenvalue weighted by Crippen LogP contribution is -2.11. The number of ether oxygens (including phenoxy) is 1. The van der Waals surface area contributed by atoms with E-state index in [0.29, 0.717) is 30.0 Å². The van der Waals surface area contributed by atoms with Crippen LogP contribution >= 0.6 is 0 Å². The van der Waals surface area contributed by atoms with Gasteiger partial charge in [-0.15, -0.1) is 0 Å². The van der Waals surface area contributed by atoms with Crippen molar-refractivity contribution >= 4 is 5.97 Å². The van der Waals surface area contributed by atoms with E-state index in [4.69, 9.17) is 9.84 Å². The Morgan fingerprint density at radius 2 is 1.93 bits per heavy atom. The summed E-state index contributed by atoms with van der Waals surface area (Å²) in [5, 5.41) is 8.72. The van der Waals surface area contributed by atoms with E-state index in [1.807, 2.05) is 0 Å². The summed E-state index contributed by atoms with van der Waals surface area (Å²) in [6.07, 6.45) is 5.23. The second kappa shape index (κ2) is 9.13. The molecule has 3 rings (SSSR count). The highest BCUT2D eigenvalue weighted by atomic mass is 19.1. The van der Waals surface area contributed by atoms with Crippen LogP contribution in [0.4, 0.5) is 8.78 Å². The van der Waals surface area contributed by atoms with Crippen molar-refractivity contribution in [3.05, 3.63) is 47.5 Å². The van der Waals surface area contributed by atoms with E-state index < -0.39 is 23.5 Å². The molecule has 1 atom stereocenters. The third-order valence-electron chi connectivity index (χ3n) is 5.21. The Balaban J connectivity index is 1.77. The lowest BCUT2D eigenvalue weighted by Gasteiger charge is -2.15. The van der Waals surface area contributed by atoms with E-state index in [0.717, 1.165) is 25.7 Å². The maximum absolute atomic E-state index is 14.6. The zero-order chi connectivity index (χ0) is 20.1. The van der Waals surface area contributed by atoms with Crippen molar-refractivity contribution in [2.24, 2.45) is 0 Å². The van der Waals surface area contributed by atoms with E-state index >= 15 is 0 Å². The standard InChI is InChI=1S/C22H25F2NO3/c1-14(6-4-11-21(26)27)22-17(23)12-15(13-18(22)24)19-9-5-10-20(25-19)28-16-7-2-3-8-16/h5,9-10,12-14,16H,2-4,6-8,11H2,1H3,(H,26,27). The third kappa shape index (κ3) is 5.06. The van der Waals surface area contributed by atoms with E-state index in [2.05, 4.69) is 4.98 Å². The summed E-state index contributed by atoms with van der Waals surface area (Å²) in [7, 11) is 0. The molecule has 2 aromatic rings. The predicted octanol–water partition coefficient (Wildman–Crippen LogP) is 5.71. The van der Waals surface area contributed by atoms with Crippen LogP contribution in [0.25, 0.3) is 11.3 Å². The molecule has 0 amide bonds. The molecule has 4 nitrogen and oxygen atoms in total. The molecule has 1 aromatic carbocycles. The van der Waals surface area contributed by atoms with Crippen LogP contribution in [0, 0.1) is 11.6 Å². The molecule has 0 saturated heterocycles. The number of carboxylic acids is 1. The maximum atomic E-state index is 14.6. The molecule has 150 valence electrons. The minimum absolute atomic E-state index is 0.00695. The Morgan fingerprint density at radius 1 is 1.25 bits per heavy atom. The van der Waals surface area contributed by atoms with Crippen molar-refractivity contribution in [2.75, 3.05) is 0 Å². The second-order valence-corrected chi connectivity index (χ2v) is 7.43. The van der Waals surface area contributed by atoms with Crippen LogP contribution < -0.4 is 4.74 Å². The number of aliphatic carboxylic acids is 1. The molecule has 6 heteroatoms. The molecule has 1 saturated carbocycles. The Hall–Kier alpha value is -2.50. The number of hydrogen-bond acceptors (Lipinski definition) is 3. The molecule has 0 radical (unpaired) electrons. The van der Waals surface area contributed by atoms with Gasteiger partial charge >= 0.3 is 5.97 Å². The van der Waals surface area contributed by atoms with Crippen molar-refractivity contribution in [3.63, 3.8) is 0 Å². The second-order valence-electron chi connectivity index (χ2n) is 7.43. The summed E-state index contributed by atoms with van der Waals surface area (Å²) in [5.74, 6) is -2.12. The Kier molecular flexibility index (Phi) is 6.60. The van der Waals surface area contributed by atoms with Crippen LogP contribution in [0.2, 0.25) is 0 Å². The van der Waals surface area contributed by atoms with Crippen LogP contribution in [0.15, 0.2) is 30.3 Å². The fraction of sp³-hybridized carbons (Fsp3) is 0.455. The zero-order valence-corrected chi connectivity index (χ0v) is 16.0. The smallest absolute Gasteiger partial charge is 0.303 e. The van der Waals surface area contributed by atoms with Crippen LogP contribution in [0.1, 0.15) is 63.4 Å². The first-order chi connectivity index (χ1) is 13.4. The maximum Gasteiger partial charge on any atom is 0.303 e. The van der Waals surface area contributed by atoms with Crippen LogP contribution in [0.5, 0.6) is 5.88 Å². The number of benzene rings is 1. The average Bonchev–Trinajstić information content (AvgIpc) is 3.14.